The topological polar surface area (TPSA) is 86.7 Å². The van der Waals surface area contributed by atoms with E-state index in [0.29, 0.717) is 17.9 Å². The summed E-state index contributed by atoms with van der Waals surface area (Å²) < 4.78 is 7.01. The molecule has 1 aliphatic rings. The molecule has 0 amide bonds. The molecule has 1 N–H and O–H groups in total. The second-order valence-corrected chi connectivity index (χ2v) is 6.40. The molecular weight excluding hydrogens is 330 g/mol. The summed E-state index contributed by atoms with van der Waals surface area (Å²) in [7, 11) is 1.60. The fraction of sp³-hybridized carbons (Fsp3) is 0.316. The number of aromatic nitrogens is 3. The first-order valence-corrected chi connectivity index (χ1v) is 8.54. The highest BCUT2D eigenvalue weighted by Crippen LogP contribution is 2.31. The molecule has 7 nitrogen and oxygen atoms in total. The molecule has 0 aliphatic carbocycles. The summed E-state index contributed by atoms with van der Waals surface area (Å²) in [4.78, 5) is 6.67. The molecule has 0 radical (unpaired) electrons. The first kappa shape index (κ1) is 16.4. The molecule has 0 unspecified atom stereocenters. The van der Waals surface area contributed by atoms with Crippen molar-refractivity contribution in [2.24, 2.45) is 0 Å². The monoisotopic (exact) mass is 349 g/mol. The number of β-amino-alcohol motifs (C(OH)–C–C–N with tert-alkyl or cyclic N) is 1. The Bertz CT molecular complexity index is 974. The van der Waals surface area contributed by atoms with Crippen molar-refractivity contribution < 1.29 is 9.84 Å². The van der Waals surface area contributed by atoms with Gasteiger partial charge in [-0.25, -0.2) is 9.50 Å². The number of nitriles is 1. The number of piperidine rings is 1. The zero-order valence-electron chi connectivity index (χ0n) is 14.5. The molecular formula is C19H19N5O2. The Morgan fingerprint density at radius 3 is 2.92 bits per heavy atom. The highest BCUT2D eigenvalue weighted by molar-refractivity contribution is 5.85. The SMILES string of the molecule is COc1cc(-c2ccc(N3CCC[C@H](O)C3)nc2)c2c(C#N)cnn2c1. The van der Waals surface area contributed by atoms with Gasteiger partial charge >= 0.3 is 0 Å². The maximum Gasteiger partial charge on any atom is 0.137 e. The van der Waals surface area contributed by atoms with Crippen LogP contribution >= 0.6 is 0 Å². The summed E-state index contributed by atoms with van der Waals surface area (Å²) in [5.41, 5.74) is 2.96. The lowest BCUT2D eigenvalue weighted by Crippen LogP contribution is -2.38. The molecule has 0 bridgehead atoms. The lowest BCUT2D eigenvalue weighted by atomic mass is 10.0. The van der Waals surface area contributed by atoms with Gasteiger partial charge in [0.2, 0.25) is 0 Å². The van der Waals surface area contributed by atoms with Crippen molar-refractivity contribution in [1.82, 2.24) is 14.6 Å². The van der Waals surface area contributed by atoms with Crippen LogP contribution in [0.1, 0.15) is 18.4 Å². The molecule has 132 valence electrons. The van der Waals surface area contributed by atoms with Gasteiger partial charge < -0.3 is 14.7 Å². The number of ether oxygens (including phenoxy) is 1. The average molecular weight is 349 g/mol. The number of fused-ring (bicyclic) bond motifs is 1. The predicted molar refractivity (Wildman–Crippen MR) is 97.1 cm³/mol. The van der Waals surface area contributed by atoms with E-state index in [1.54, 1.807) is 30.2 Å². The molecule has 0 spiro atoms. The third-order valence-corrected chi connectivity index (χ3v) is 4.72. The van der Waals surface area contributed by atoms with E-state index in [9.17, 15) is 10.4 Å². The Hall–Kier alpha value is -3.11. The van der Waals surface area contributed by atoms with Crippen LogP contribution in [0.4, 0.5) is 5.82 Å². The highest BCUT2D eigenvalue weighted by atomic mass is 16.5. The number of nitrogens with zero attached hydrogens (tertiary/aromatic N) is 5. The molecule has 3 aromatic rings. The number of aliphatic hydroxyl groups is 1. The summed E-state index contributed by atoms with van der Waals surface area (Å²) in [5, 5.41) is 23.5. The van der Waals surface area contributed by atoms with E-state index in [0.717, 1.165) is 41.8 Å². The molecule has 4 heterocycles. The minimum atomic E-state index is -0.298. The van der Waals surface area contributed by atoms with Crippen LogP contribution in [0, 0.1) is 11.3 Å². The molecule has 1 fully saturated rings. The Labute approximate surface area is 151 Å². The zero-order valence-corrected chi connectivity index (χ0v) is 14.5. The number of aliphatic hydroxyl groups excluding tert-OH is 1. The van der Waals surface area contributed by atoms with Gasteiger partial charge in [0.05, 0.1) is 36.7 Å². The number of anilines is 1. The van der Waals surface area contributed by atoms with E-state index in [4.69, 9.17) is 4.74 Å². The Morgan fingerprint density at radius 2 is 2.23 bits per heavy atom. The molecule has 4 rings (SSSR count). The van der Waals surface area contributed by atoms with Crippen molar-refractivity contribution in [3.8, 4) is 22.9 Å². The molecule has 0 saturated carbocycles. The molecule has 0 aromatic carbocycles. The standard InChI is InChI=1S/C19H19N5O2/c1-26-16-7-17(19-14(8-20)10-22-24(19)12-16)13-4-5-18(21-9-13)23-6-2-3-15(25)11-23/h4-5,7,9-10,12,15,25H,2-3,6,11H2,1H3/t15-/m0/s1. The maximum absolute atomic E-state index is 9.86. The Kier molecular flexibility index (Phi) is 4.19. The number of methoxy groups -OCH3 is 1. The van der Waals surface area contributed by atoms with Crippen LogP contribution in [0.25, 0.3) is 16.6 Å². The van der Waals surface area contributed by atoms with Gasteiger partial charge in [0.15, 0.2) is 0 Å². The minimum absolute atomic E-state index is 0.298. The number of hydrogen-bond acceptors (Lipinski definition) is 6. The summed E-state index contributed by atoms with van der Waals surface area (Å²) >= 11 is 0. The quantitative estimate of drug-likeness (QED) is 0.780. The van der Waals surface area contributed by atoms with Crippen LogP contribution in [0.5, 0.6) is 5.75 Å². The highest BCUT2D eigenvalue weighted by Gasteiger charge is 2.19. The van der Waals surface area contributed by atoms with Crippen LogP contribution in [0.3, 0.4) is 0 Å². The average Bonchev–Trinajstić information content (AvgIpc) is 3.10. The summed E-state index contributed by atoms with van der Waals surface area (Å²) in [5.74, 6) is 1.50. The molecule has 1 atom stereocenters. The van der Waals surface area contributed by atoms with E-state index >= 15 is 0 Å². The van der Waals surface area contributed by atoms with Gasteiger partial charge in [-0.05, 0) is 31.0 Å². The first-order valence-electron chi connectivity index (χ1n) is 8.54. The summed E-state index contributed by atoms with van der Waals surface area (Å²) in [6, 6.07) is 8.00. The van der Waals surface area contributed by atoms with Crippen molar-refractivity contribution >= 4 is 11.3 Å². The van der Waals surface area contributed by atoms with Crippen LogP contribution in [0.2, 0.25) is 0 Å². The van der Waals surface area contributed by atoms with Crippen LogP contribution < -0.4 is 9.64 Å². The number of hydrogen-bond donors (Lipinski definition) is 1. The normalized spacial score (nSPS) is 17.3. The third kappa shape index (κ3) is 2.85. The molecule has 3 aromatic heterocycles. The Balaban J connectivity index is 1.75. The third-order valence-electron chi connectivity index (χ3n) is 4.72. The lowest BCUT2D eigenvalue weighted by Gasteiger charge is -2.31. The predicted octanol–water partition coefficient (Wildman–Crippen LogP) is 2.24. The largest absolute Gasteiger partial charge is 0.495 e. The first-order chi connectivity index (χ1) is 12.7. The van der Waals surface area contributed by atoms with E-state index < -0.39 is 0 Å². The number of rotatable bonds is 3. The van der Waals surface area contributed by atoms with Crippen molar-refractivity contribution in [1.29, 1.82) is 5.26 Å². The smallest absolute Gasteiger partial charge is 0.137 e. The molecule has 7 heteroatoms. The summed E-state index contributed by atoms with van der Waals surface area (Å²) in [6.45, 7) is 1.50. The fourth-order valence-electron chi connectivity index (χ4n) is 3.41. The van der Waals surface area contributed by atoms with Crippen molar-refractivity contribution in [3.05, 3.63) is 42.4 Å². The molecule has 1 aliphatic heterocycles. The lowest BCUT2D eigenvalue weighted by molar-refractivity contribution is 0.154. The second-order valence-electron chi connectivity index (χ2n) is 6.40. The van der Waals surface area contributed by atoms with Crippen LogP contribution in [-0.2, 0) is 0 Å². The van der Waals surface area contributed by atoms with Gasteiger partial charge in [-0.15, -0.1) is 0 Å². The molecule has 26 heavy (non-hydrogen) atoms. The van der Waals surface area contributed by atoms with Gasteiger partial charge in [-0.1, -0.05) is 0 Å². The maximum atomic E-state index is 9.86. The fourth-order valence-corrected chi connectivity index (χ4v) is 3.41. The minimum Gasteiger partial charge on any atom is -0.495 e. The van der Waals surface area contributed by atoms with Crippen molar-refractivity contribution in [2.75, 3.05) is 25.1 Å². The number of pyridine rings is 2. The summed E-state index contributed by atoms with van der Waals surface area (Å²) in [6.07, 6.45) is 6.59. The van der Waals surface area contributed by atoms with E-state index in [1.807, 2.05) is 18.2 Å². The van der Waals surface area contributed by atoms with Gasteiger partial charge in [0, 0.05) is 30.4 Å². The zero-order chi connectivity index (χ0) is 18.1. The second kappa shape index (κ2) is 6.65. The van der Waals surface area contributed by atoms with Gasteiger partial charge in [0.25, 0.3) is 0 Å². The van der Waals surface area contributed by atoms with Gasteiger partial charge in [-0.3, -0.25) is 0 Å². The van der Waals surface area contributed by atoms with E-state index in [1.165, 1.54) is 0 Å². The van der Waals surface area contributed by atoms with Crippen molar-refractivity contribution in [3.63, 3.8) is 0 Å². The van der Waals surface area contributed by atoms with E-state index in [-0.39, 0.29) is 6.10 Å². The van der Waals surface area contributed by atoms with Crippen molar-refractivity contribution in [2.45, 2.75) is 18.9 Å². The Morgan fingerprint density at radius 1 is 1.35 bits per heavy atom. The van der Waals surface area contributed by atoms with Crippen LogP contribution in [0.15, 0.2) is 36.8 Å². The van der Waals surface area contributed by atoms with E-state index in [2.05, 4.69) is 21.1 Å². The molecule has 1 saturated heterocycles. The van der Waals surface area contributed by atoms with Gasteiger partial charge in [0.1, 0.15) is 17.6 Å². The van der Waals surface area contributed by atoms with Gasteiger partial charge in [-0.2, -0.15) is 10.4 Å². The van der Waals surface area contributed by atoms with Crippen LogP contribution in [-0.4, -0.2) is 46.0 Å².